The first-order valence-electron chi connectivity index (χ1n) is 6.62. The van der Waals surface area contributed by atoms with E-state index in [1.165, 1.54) is 5.56 Å². The minimum absolute atomic E-state index is 0.189. The quantitative estimate of drug-likeness (QED) is 0.861. The molecule has 0 spiro atoms. The molecule has 2 aromatic rings. The maximum Gasteiger partial charge on any atom is 0.186 e. The molecule has 1 heterocycles. The van der Waals surface area contributed by atoms with Crippen molar-refractivity contribution in [3.8, 4) is 0 Å². The van der Waals surface area contributed by atoms with Gasteiger partial charge in [-0.1, -0.05) is 23.7 Å². The fourth-order valence-electron chi connectivity index (χ4n) is 2.35. The Bertz CT molecular complexity index is 636. The number of hydrogen-bond donors (Lipinski definition) is 0. The zero-order valence-electron chi connectivity index (χ0n) is 11.2. The van der Waals surface area contributed by atoms with Crippen molar-refractivity contribution in [2.45, 2.75) is 25.8 Å². The van der Waals surface area contributed by atoms with Crippen molar-refractivity contribution < 1.29 is 4.79 Å². The number of Topliss-reactive ketones (excluding diaryl/α,β-unsaturated/α-hetero) is 1. The van der Waals surface area contributed by atoms with Crippen molar-refractivity contribution in [1.29, 1.82) is 0 Å². The van der Waals surface area contributed by atoms with Gasteiger partial charge in [0.25, 0.3) is 0 Å². The van der Waals surface area contributed by atoms with E-state index in [1.54, 1.807) is 11.3 Å². The predicted molar refractivity (Wildman–Crippen MR) is 82.9 cm³/mol. The molecule has 20 heavy (non-hydrogen) atoms. The molecule has 1 aromatic heterocycles. The highest BCUT2D eigenvalue weighted by Gasteiger charge is 2.23. The van der Waals surface area contributed by atoms with Gasteiger partial charge in [-0.05, 0) is 30.5 Å². The van der Waals surface area contributed by atoms with E-state index in [2.05, 4.69) is 9.88 Å². The second kappa shape index (κ2) is 5.54. The van der Waals surface area contributed by atoms with Gasteiger partial charge in [-0.25, -0.2) is 4.98 Å². The van der Waals surface area contributed by atoms with Gasteiger partial charge in [0.15, 0.2) is 10.9 Å². The normalized spacial score (nSPS) is 14.2. The number of anilines is 1. The number of benzene rings is 1. The summed E-state index contributed by atoms with van der Waals surface area (Å²) in [5.74, 6) is 0.189. The van der Waals surface area contributed by atoms with Gasteiger partial charge in [-0.2, -0.15) is 0 Å². The fourth-order valence-corrected chi connectivity index (χ4v) is 3.56. The van der Waals surface area contributed by atoms with E-state index in [4.69, 9.17) is 11.6 Å². The van der Waals surface area contributed by atoms with Crippen molar-refractivity contribution in [1.82, 2.24) is 4.98 Å². The Morgan fingerprint density at radius 3 is 2.75 bits per heavy atom. The van der Waals surface area contributed by atoms with E-state index in [9.17, 15) is 4.79 Å². The van der Waals surface area contributed by atoms with Crippen LogP contribution in [-0.4, -0.2) is 17.8 Å². The van der Waals surface area contributed by atoms with Crippen molar-refractivity contribution in [3.05, 3.63) is 45.4 Å². The number of ketones is 1. The minimum atomic E-state index is 0.189. The first-order chi connectivity index (χ1) is 9.63. The Balaban J connectivity index is 1.79. The predicted octanol–water partition coefficient (Wildman–Crippen LogP) is 3.95. The number of fused-ring (bicyclic) bond motifs is 1. The SMILES string of the molecule is CN(Cc1ccc(Cl)cc1)c1nc2c(s1)CCCC2=O. The molecule has 0 fully saturated rings. The number of rotatable bonds is 3. The molecule has 1 aliphatic carbocycles. The summed E-state index contributed by atoms with van der Waals surface area (Å²) < 4.78 is 0. The summed E-state index contributed by atoms with van der Waals surface area (Å²) in [6.07, 6.45) is 2.57. The topological polar surface area (TPSA) is 33.2 Å². The maximum absolute atomic E-state index is 11.8. The molecule has 5 heteroatoms. The van der Waals surface area contributed by atoms with Gasteiger partial charge in [0, 0.05) is 29.9 Å². The molecule has 104 valence electrons. The Labute approximate surface area is 127 Å². The molecule has 0 saturated carbocycles. The van der Waals surface area contributed by atoms with E-state index in [1.807, 2.05) is 31.3 Å². The maximum atomic E-state index is 11.8. The number of aromatic nitrogens is 1. The number of carbonyl (C=O) groups excluding carboxylic acids is 1. The molecular formula is C15H15ClN2OS. The second-order valence-corrected chi connectivity index (χ2v) is 6.53. The van der Waals surface area contributed by atoms with Gasteiger partial charge in [-0.15, -0.1) is 11.3 Å². The molecule has 0 saturated heterocycles. The summed E-state index contributed by atoms with van der Waals surface area (Å²) in [6.45, 7) is 0.762. The number of thiazole rings is 1. The summed E-state index contributed by atoms with van der Waals surface area (Å²) in [4.78, 5) is 19.6. The lowest BCUT2D eigenvalue weighted by atomic mass is 10.0. The zero-order chi connectivity index (χ0) is 14.1. The molecule has 0 unspecified atom stereocenters. The molecule has 1 aromatic carbocycles. The summed E-state index contributed by atoms with van der Waals surface area (Å²) in [6, 6.07) is 7.80. The Kier molecular flexibility index (Phi) is 3.76. The van der Waals surface area contributed by atoms with Gasteiger partial charge in [0.1, 0.15) is 5.69 Å². The summed E-state index contributed by atoms with van der Waals surface area (Å²) in [5, 5.41) is 1.66. The highest BCUT2D eigenvalue weighted by Crippen LogP contribution is 2.31. The molecule has 0 aliphatic heterocycles. The zero-order valence-corrected chi connectivity index (χ0v) is 12.8. The third-order valence-corrected chi connectivity index (χ3v) is 4.90. The highest BCUT2D eigenvalue weighted by molar-refractivity contribution is 7.15. The molecule has 1 aliphatic rings. The lowest BCUT2D eigenvalue weighted by molar-refractivity contribution is 0.0968. The second-order valence-electron chi connectivity index (χ2n) is 5.03. The molecule has 3 rings (SSSR count). The van der Waals surface area contributed by atoms with Gasteiger partial charge >= 0.3 is 0 Å². The van der Waals surface area contributed by atoms with Crippen LogP contribution in [0.4, 0.5) is 5.13 Å². The van der Waals surface area contributed by atoms with Crippen LogP contribution in [-0.2, 0) is 13.0 Å². The van der Waals surface area contributed by atoms with Crippen LogP contribution in [0, 0.1) is 0 Å². The smallest absolute Gasteiger partial charge is 0.186 e. The highest BCUT2D eigenvalue weighted by atomic mass is 35.5. The molecular weight excluding hydrogens is 292 g/mol. The van der Waals surface area contributed by atoms with E-state index >= 15 is 0 Å². The van der Waals surface area contributed by atoms with Crippen molar-refractivity contribution in [3.63, 3.8) is 0 Å². The largest absolute Gasteiger partial charge is 0.347 e. The summed E-state index contributed by atoms with van der Waals surface area (Å²) >= 11 is 7.53. The van der Waals surface area contributed by atoms with Gasteiger partial charge in [-0.3, -0.25) is 4.79 Å². The average molecular weight is 307 g/mol. The van der Waals surface area contributed by atoms with E-state index in [0.717, 1.165) is 34.4 Å². The van der Waals surface area contributed by atoms with Crippen LogP contribution in [0.15, 0.2) is 24.3 Å². The van der Waals surface area contributed by atoms with Crippen LogP contribution >= 0.6 is 22.9 Å². The average Bonchev–Trinajstić information content (AvgIpc) is 2.87. The van der Waals surface area contributed by atoms with Gasteiger partial charge in [0.2, 0.25) is 0 Å². The van der Waals surface area contributed by atoms with Crippen molar-refractivity contribution in [2.75, 3.05) is 11.9 Å². The van der Waals surface area contributed by atoms with Crippen LogP contribution in [0.25, 0.3) is 0 Å². The van der Waals surface area contributed by atoms with Crippen LogP contribution in [0.3, 0.4) is 0 Å². The standard InChI is InChI=1S/C15H15ClN2OS/c1-18(9-10-5-7-11(16)8-6-10)15-17-14-12(19)3-2-4-13(14)20-15/h5-8H,2-4,9H2,1H3. The monoisotopic (exact) mass is 306 g/mol. The van der Waals surface area contributed by atoms with Crippen LogP contribution in [0.2, 0.25) is 5.02 Å². The van der Waals surface area contributed by atoms with E-state index in [-0.39, 0.29) is 5.78 Å². The van der Waals surface area contributed by atoms with E-state index in [0.29, 0.717) is 12.1 Å². The van der Waals surface area contributed by atoms with Gasteiger partial charge < -0.3 is 4.90 Å². The molecule has 0 amide bonds. The number of aryl methyl sites for hydroxylation is 1. The third kappa shape index (κ3) is 2.72. The number of halogens is 1. The lowest BCUT2D eigenvalue weighted by Crippen LogP contribution is -2.16. The number of carbonyl (C=O) groups is 1. The molecule has 3 nitrogen and oxygen atoms in total. The summed E-state index contributed by atoms with van der Waals surface area (Å²) in [5.41, 5.74) is 1.87. The first kappa shape index (κ1) is 13.6. The molecule has 0 radical (unpaired) electrons. The van der Waals surface area contributed by atoms with Crippen LogP contribution in [0.1, 0.15) is 33.8 Å². The Morgan fingerprint density at radius 1 is 1.30 bits per heavy atom. The van der Waals surface area contributed by atoms with Crippen molar-refractivity contribution >= 4 is 33.9 Å². The summed E-state index contributed by atoms with van der Waals surface area (Å²) in [7, 11) is 2.00. The first-order valence-corrected chi connectivity index (χ1v) is 7.81. The molecule has 0 N–H and O–H groups in total. The Morgan fingerprint density at radius 2 is 2.05 bits per heavy atom. The van der Waals surface area contributed by atoms with Crippen molar-refractivity contribution in [2.24, 2.45) is 0 Å². The van der Waals surface area contributed by atoms with Crippen LogP contribution in [0.5, 0.6) is 0 Å². The Hall–Kier alpha value is -1.39. The lowest BCUT2D eigenvalue weighted by Gasteiger charge is -2.15. The third-order valence-electron chi connectivity index (χ3n) is 3.42. The fraction of sp³-hybridized carbons (Fsp3) is 0.333. The number of nitrogens with zero attached hydrogens (tertiary/aromatic N) is 2. The molecule has 0 bridgehead atoms. The minimum Gasteiger partial charge on any atom is -0.347 e. The molecule has 0 atom stereocenters. The van der Waals surface area contributed by atoms with Crippen LogP contribution < -0.4 is 4.90 Å². The number of hydrogen-bond acceptors (Lipinski definition) is 4. The van der Waals surface area contributed by atoms with E-state index < -0.39 is 0 Å². The van der Waals surface area contributed by atoms with Gasteiger partial charge in [0.05, 0.1) is 0 Å².